The van der Waals surface area contributed by atoms with Crippen LogP contribution in [0.2, 0.25) is 0 Å². The number of amides is 2. The fraction of sp³-hybridized carbons (Fsp3) is 0.875. The molecular formula is C16H30N2O3. The smallest absolute Gasteiger partial charge is 0.317 e. The van der Waals surface area contributed by atoms with Gasteiger partial charge in [0, 0.05) is 18.6 Å². The highest BCUT2D eigenvalue weighted by molar-refractivity contribution is 5.75. The monoisotopic (exact) mass is 298 g/mol. The number of hydrogen-bond donors (Lipinski definition) is 2. The summed E-state index contributed by atoms with van der Waals surface area (Å²) >= 11 is 0. The number of piperidine rings is 1. The Bertz CT molecular complexity index is 359. The number of carbonyl (C=O) groups is 2. The maximum atomic E-state index is 12.3. The summed E-state index contributed by atoms with van der Waals surface area (Å²) in [5.41, 5.74) is 0. The molecule has 2 N–H and O–H groups in total. The molecule has 0 aromatic heterocycles. The first-order chi connectivity index (χ1) is 9.82. The van der Waals surface area contributed by atoms with E-state index in [9.17, 15) is 9.59 Å². The van der Waals surface area contributed by atoms with Gasteiger partial charge in [-0.1, -0.05) is 20.3 Å². The van der Waals surface area contributed by atoms with Crippen molar-refractivity contribution < 1.29 is 14.7 Å². The van der Waals surface area contributed by atoms with Crippen LogP contribution in [0.1, 0.15) is 59.8 Å². The number of aliphatic carboxylic acids is 1. The maximum Gasteiger partial charge on any atom is 0.317 e. The van der Waals surface area contributed by atoms with Crippen molar-refractivity contribution in [3.63, 3.8) is 0 Å². The summed E-state index contributed by atoms with van der Waals surface area (Å²) < 4.78 is 0. The summed E-state index contributed by atoms with van der Waals surface area (Å²) in [6.07, 6.45) is 4.56. The molecule has 2 amide bonds. The Balaban J connectivity index is 2.31. The van der Waals surface area contributed by atoms with Crippen LogP contribution in [0.15, 0.2) is 0 Å². The fourth-order valence-corrected chi connectivity index (χ4v) is 2.84. The molecule has 21 heavy (non-hydrogen) atoms. The first-order valence-corrected chi connectivity index (χ1v) is 8.12. The van der Waals surface area contributed by atoms with E-state index in [2.05, 4.69) is 19.2 Å². The Morgan fingerprint density at radius 3 is 2.57 bits per heavy atom. The van der Waals surface area contributed by atoms with E-state index in [0.717, 1.165) is 25.8 Å². The zero-order valence-corrected chi connectivity index (χ0v) is 13.8. The number of urea groups is 1. The number of nitrogens with one attached hydrogen (secondary N) is 1. The van der Waals surface area contributed by atoms with E-state index >= 15 is 0 Å². The lowest BCUT2D eigenvalue weighted by Crippen LogP contribution is -2.52. The standard InChI is InChI=1S/C16H30N2O3/c1-11-8-6-10-18(14(11)4)16(21)17-13(3)9-5-7-12(2)15(19)20/h11-14H,5-10H2,1-4H3,(H,17,21)(H,19,20). The number of nitrogens with zero attached hydrogens (tertiary/aromatic N) is 1. The van der Waals surface area contributed by atoms with Crippen molar-refractivity contribution in [2.24, 2.45) is 11.8 Å². The first-order valence-electron chi connectivity index (χ1n) is 8.12. The lowest BCUT2D eigenvalue weighted by molar-refractivity contribution is -0.141. The first kappa shape index (κ1) is 17.8. The van der Waals surface area contributed by atoms with Crippen LogP contribution in [0.3, 0.4) is 0 Å². The number of carboxylic acids is 1. The van der Waals surface area contributed by atoms with Gasteiger partial charge in [-0.25, -0.2) is 4.79 Å². The molecule has 1 saturated heterocycles. The molecule has 4 unspecified atom stereocenters. The van der Waals surface area contributed by atoms with Crippen molar-refractivity contribution >= 4 is 12.0 Å². The lowest BCUT2D eigenvalue weighted by Gasteiger charge is -2.38. The lowest BCUT2D eigenvalue weighted by atomic mass is 9.92. The molecule has 122 valence electrons. The average Bonchev–Trinajstić information content (AvgIpc) is 2.41. The summed E-state index contributed by atoms with van der Waals surface area (Å²) in [6.45, 7) is 8.85. The number of carbonyl (C=O) groups excluding carboxylic acids is 1. The molecular weight excluding hydrogens is 268 g/mol. The van der Waals surface area contributed by atoms with Crippen molar-refractivity contribution in [1.82, 2.24) is 10.2 Å². The van der Waals surface area contributed by atoms with Crippen molar-refractivity contribution in [1.29, 1.82) is 0 Å². The van der Waals surface area contributed by atoms with Gasteiger partial charge in [0.15, 0.2) is 0 Å². The van der Waals surface area contributed by atoms with Crippen LogP contribution in [0.25, 0.3) is 0 Å². The third-order valence-corrected chi connectivity index (χ3v) is 4.70. The molecule has 0 aromatic rings. The molecule has 1 aliphatic heterocycles. The molecule has 0 aromatic carbocycles. The average molecular weight is 298 g/mol. The van der Waals surface area contributed by atoms with E-state index in [0.29, 0.717) is 12.3 Å². The van der Waals surface area contributed by atoms with Gasteiger partial charge in [-0.2, -0.15) is 0 Å². The van der Waals surface area contributed by atoms with Gasteiger partial charge in [-0.15, -0.1) is 0 Å². The van der Waals surface area contributed by atoms with Crippen molar-refractivity contribution in [3.05, 3.63) is 0 Å². The third kappa shape index (κ3) is 5.56. The molecule has 0 aliphatic carbocycles. The second-order valence-corrected chi connectivity index (χ2v) is 6.57. The molecule has 1 fully saturated rings. The summed E-state index contributed by atoms with van der Waals surface area (Å²) in [5, 5.41) is 11.9. The van der Waals surface area contributed by atoms with Crippen LogP contribution in [-0.2, 0) is 4.79 Å². The minimum absolute atomic E-state index is 0.0211. The summed E-state index contributed by atoms with van der Waals surface area (Å²) in [4.78, 5) is 25.0. The number of hydrogen-bond acceptors (Lipinski definition) is 2. The van der Waals surface area contributed by atoms with E-state index in [-0.39, 0.29) is 24.0 Å². The molecule has 4 atom stereocenters. The topological polar surface area (TPSA) is 69.6 Å². The van der Waals surface area contributed by atoms with E-state index < -0.39 is 5.97 Å². The molecule has 0 saturated carbocycles. The van der Waals surface area contributed by atoms with Gasteiger partial charge >= 0.3 is 12.0 Å². The van der Waals surface area contributed by atoms with Gasteiger partial charge in [0.25, 0.3) is 0 Å². The number of likely N-dealkylation sites (tertiary alicyclic amines) is 1. The molecule has 1 aliphatic rings. The Morgan fingerprint density at radius 2 is 1.95 bits per heavy atom. The van der Waals surface area contributed by atoms with Gasteiger partial charge < -0.3 is 15.3 Å². The normalized spacial score (nSPS) is 25.2. The van der Waals surface area contributed by atoms with Crippen LogP contribution in [-0.4, -0.2) is 40.6 Å². The molecule has 1 heterocycles. The van der Waals surface area contributed by atoms with E-state index in [1.807, 2.05) is 11.8 Å². The van der Waals surface area contributed by atoms with Gasteiger partial charge in [0.2, 0.25) is 0 Å². The van der Waals surface area contributed by atoms with Crippen LogP contribution >= 0.6 is 0 Å². The second-order valence-electron chi connectivity index (χ2n) is 6.57. The quantitative estimate of drug-likeness (QED) is 0.791. The minimum atomic E-state index is -0.747. The largest absolute Gasteiger partial charge is 0.481 e. The SMILES string of the molecule is CC(CCCC(C)C(=O)O)NC(=O)N1CCCC(C)C1C. The highest BCUT2D eigenvalue weighted by Crippen LogP contribution is 2.22. The second kappa shape index (κ2) is 8.25. The molecule has 0 radical (unpaired) electrons. The summed E-state index contributed by atoms with van der Waals surface area (Å²) in [7, 11) is 0. The Hall–Kier alpha value is -1.26. The fourth-order valence-electron chi connectivity index (χ4n) is 2.84. The van der Waals surface area contributed by atoms with Gasteiger partial charge in [-0.05, 0) is 45.4 Å². The predicted molar refractivity (Wildman–Crippen MR) is 83.2 cm³/mol. The van der Waals surface area contributed by atoms with Crippen LogP contribution < -0.4 is 5.32 Å². The van der Waals surface area contributed by atoms with Crippen molar-refractivity contribution in [2.45, 2.75) is 71.9 Å². The van der Waals surface area contributed by atoms with Crippen LogP contribution in [0, 0.1) is 11.8 Å². The van der Waals surface area contributed by atoms with Gasteiger partial charge in [-0.3, -0.25) is 4.79 Å². The summed E-state index contributed by atoms with van der Waals surface area (Å²) in [6, 6.07) is 0.397. The predicted octanol–water partition coefficient (Wildman–Crippen LogP) is 3.10. The number of rotatable bonds is 6. The van der Waals surface area contributed by atoms with Gasteiger partial charge in [0.1, 0.15) is 0 Å². The third-order valence-electron chi connectivity index (χ3n) is 4.70. The minimum Gasteiger partial charge on any atom is -0.481 e. The highest BCUT2D eigenvalue weighted by Gasteiger charge is 2.28. The number of carboxylic acid groups (broad SMARTS) is 1. The van der Waals surface area contributed by atoms with Crippen LogP contribution in [0.5, 0.6) is 0 Å². The van der Waals surface area contributed by atoms with Crippen molar-refractivity contribution in [3.8, 4) is 0 Å². The zero-order valence-electron chi connectivity index (χ0n) is 13.8. The Kier molecular flexibility index (Phi) is 6.99. The van der Waals surface area contributed by atoms with E-state index in [4.69, 9.17) is 5.11 Å². The van der Waals surface area contributed by atoms with E-state index in [1.165, 1.54) is 6.42 Å². The Labute approximate surface area is 128 Å². The molecule has 0 bridgehead atoms. The highest BCUT2D eigenvalue weighted by atomic mass is 16.4. The molecule has 0 spiro atoms. The zero-order chi connectivity index (χ0) is 16.0. The van der Waals surface area contributed by atoms with E-state index in [1.54, 1.807) is 6.92 Å². The molecule has 1 rings (SSSR count). The molecule has 5 nitrogen and oxygen atoms in total. The van der Waals surface area contributed by atoms with Crippen LogP contribution in [0.4, 0.5) is 4.79 Å². The maximum absolute atomic E-state index is 12.3. The summed E-state index contributed by atoms with van der Waals surface area (Å²) in [5.74, 6) is -0.505. The Morgan fingerprint density at radius 1 is 1.29 bits per heavy atom. The van der Waals surface area contributed by atoms with Crippen molar-refractivity contribution in [2.75, 3.05) is 6.54 Å². The van der Waals surface area contributed by atoms with Gasteiger partial charge in [0.05, 0.1) is 5.92 Å². The molecule has 5 heteroatoms.